The van der Waals surface area contributed by atoms with Crippen LogP contribution in [0.1, 0.15) is 0 Å². The van der Waals surface area contributed by atoms with E-state index in [1.165, 1.54) is 9.47 Å². The molecule has 0 bridgehead atoms. The topological polar surface area (TPSA) is 114 Å². The molecular formula is C8H13N5O3S. The molecule has 0 saturated carbocycles. The van der Waals surface area contributed by atoms with Crippen molar-refractivity contribution in [3.63, 3.8) is 0 Å². The van der Waals surface area contributed by atoms with Gasteiger partial charge in [0.25, 0.3) is 0 Å². The van der Waals surface area contributed by atoms with Gasteiger partial charge in [0.15, 0.2) is 5.16 Å². The second-order valence-electron chi connectivity index (χ2n) is 3.40. The molecule has 17 heavy (non-hydrogen) atoms. The summed E-state index contributed by atoms with van der Waals surface area (Å²) in [6.45, 7) is -0.00616. The lowest BCUT2D eigenvalue weighted by molar-refractivity contribution is -0.134. The van der Waals surface area contributed by atoms with Gasteiger partial charge in [0, 0.05) is 14.1 Å². The number of rotatable bonds is 5. The number of anilines is 1. The number of carboxylic acids is 1. The number of nitrogen functional groups attached to an aromatic ring is 1. The Morgan fingerprint density at radius 2 is 2.12 bits per heavy atom. The van der Waals surface area contributed by atoms with E-state index in [9.17, 15) is 9.59 Å². The number of likely N-dealkylation sites (N-methyl/N-ethyl adjacent to an activating group) is 1. The number of carbonyl (C=O) groups is 2. The van der Waals surface area contributed by atoms with Crippen molar-refractivity contribution in [1.29, 1.82) is 0 Å². The molecule has 1 rings (SSSR count). The van der Waals surface area contributed by atoms with Crippen molar-refractivity contribution in [2.75, 3.05) is 25.6 Å². The quantitative estimate of drug-likeness (QED) is 0.660. The number of aliphatic carboxylic acids is 1. The van der Waals surface area contributed by atoms with E-state index in [2.05, 4.69) is 10.2 Å². The zero-order valence-electron chi connectivity index (χ0n) is 9.45. The van der Waals surface area contributed by atoms with Crippen molar-refractivity contribution in [3.05, 3.63) is 0 Å². The van der Waals surface area contributed by atoms with E-state index in [4.69, 9.17) is 10.8 Å². The van der Waals surface area contributed by atoms with Crippen LogP contribution in [0.4, 0.5) is 5.95 Å². The largest absolute Gasteiger partial charge is 0.481 e. The first-order chi connectivity index (χ1) is 7.91. The Morgan fingerprint density at radius 3 is 2.65 bits per heavy atom. The van der Waals surface area contributed by atoms with E-state index in [0.29, 0.717) is 5.16 Å². The number of nitrogens with zero attached hydrogens (tertiary/aromatic N) is 4. The molecule has 1 aromatic heterocycles. The third kappa shape index (κ3) is 3.63. The van der Waals surface area contributed by atoms with Gasteiger partial charge >= 0.3 is 5.97 Å². The highest BCUT2D eigenvalue weighted by Gasteiger charge is 2.15. The average molecular weight is 259 g/mol. The Labute approximate surface area is 102 Å². The Kier molecular flexibility index (Phi) is 4.32. The number of hydrogen-bond acceptors (Lipinski definition) is 6. The van der Waals surface area contributed by atoms with Gasteiger partial charge in [-0.1, -0.05) is 11.8 Å². The molecule has 0 spiro atoms. The van der Waals surface area contributed by atoms with Crippen molar-refractivity contribution in [2.24, 2.45) is 0 Å². The summed E-state index contributed by atoms with van der Waals surface area (Å²) in [5.74, 6) is -1.21. The molecule has 8 nitrogen and oxygen atoms in total. The minimum atomic E-state index is -0.970. The fourth-order valence-corrected chi connectivity index (χ4v) is 1.62. The summed E-state index contributed by atoms with van der Waals surface area (Å²) in [5, 5.41) is 16.2. The Balaban J connectivity index is 2.79. The highest BCUT2D eigenvalue weighted by Crippen LogP contribution is 2.17. The summed E-state index contributed by atoms with van der Waals surface area (Å²) < 4.78 is 1.38. The minimum Gasteiger partial charge on any atom is -0.481 e. The summed E-state index contributed by atoms with van der Waals surface area (Å²) in [5.41, 5.74) is 5.55. The minimum absolute atomic E-state index is 0.00616. The SMILES string of the molecule is CN(C)C(=O)Cn1c(N)nnc1SCC(=O)O. The number of carboxylic acid groups (broad SMARTS) is 1. The van der Waals surface area contributed by atoms with Crippen molar-refractivity contribution in [3.8, 4) is 0 Å². The molecule has 0 aliphatic rings. The van der Waals surface area contributed by atoms with Crippen molar-refractivity contribution < 1.29 is 14.7 Å². The summed E-state index contributed by atoms with van der Waals surface area (Å²) in [6.07, 6.45) is 0. The number of hydrogen-bond donors (Lipinski definition) is 2. The summed E-state index contributed by atoms with van der Waals surface area (Å²) in [6, 6.07) is 0. The molecule has 0 unspecified atom stereocenters. The maximum absolute atomic E-state index is 11.5. The van der Waals surface area contributed by atoms with Gasteiger partial charge in [-0.05, 0) is 0 Å². The van der Waals surface area contributed by atoms with Crippen LogP contribution in [-0.4, -0.2) is 56.5 Å². The molecule has 1 heterocycles. The van der Waals surface area contributed by atoms with Crippen LogP contribution in [0.3, 0.4) is 0 Å². The number of thioether (sulfide) groups is 1. The monoisotopic (exact) mass is 259 g/mol. The van der Waals surface area contributed by atoms with Gasteiger partial charge in [0.2, 0.25) is 11.9 Å². The number of nitrogens with two attached hydrogens (primary N) is 1. The van der Waals surface area contributed by atoms with Crippen LogP contribution in [0.25, 0.3) is 0 Å². The van der Waals surface area contributed by atoms with Crippen molar-refractivity contribution in [1.82, 2.24) is 19.7 Å². The number of carbonyl (C=O) groups excluding carboxylic acids is 1. The third-order valence-corrected chi connectivity index (χ3v) is 2.81. The Hall–Kier alpha value is -1.77. The molecule has 0 atom stereocenters. The molecular weight excluding hydrogens is 246 g/mol. The van der Waals surface area contributed by atoms with E-state index in [1.807, 2.05) is 0 Å². The van der Waals surface area contributed by atoms with Crippen LogP contribution < -0.4 is 5.73 Å². The summed E-state index contributed by atoms with van der Waals surface area (Å²) in [4.78, 5) is 23.4. The fourth-order valence-electron chi connectivity index (χ4n) is 0.958. The molecule has 0 aliphatic heterocycles. The fraction of sp³-hybridized carbons (Fsp3) is 0.500. The van der Waals surface area contributed by atoms with Crippen molar-refractivity contribution >= 4 is 29.6 Å². The van der Waals surface area contributed by atoms with Crippen LogP contribution in [0.5, 0.6) is 0 Å². The van der Waals surface area contributed by atoms with Crippen LogP contribution in [0.2, 0.25) is 0 Å². The van der Waals surface area contributed by atoms with Gasteiger partial charge in [0.1, 0.15) is 6.54 Å². The third-order valence-electron chi connectivity index (χ3n) is 1.86. The molecule has 0 aromatic carbocycles. The predicted octanol–water partition coefficient (Wildman–Crippen LogP) is -0.875. The van der Waals surface area contributed by atoms with Gasteiger partial charge in [-0.15, -0.1) is 10.2 Å². The number of amides is 1. The van der Waals surface area contributed by atoms with Crippen molar-refractivity contribution in [2.45, 2.75) is 11.7 Å². The normalized spacial score (nSPS) is 10.2. The van der Waals surface area contributed by atoms with Crippen LogP contribution >= 0.6 is 11.8 Å². The molecule has 3 N–H and O–H groups in total. The Bertz CT molecular complexity index is 431. The van der Waals surface area contributed by atoms with E-state index in [0.717, 1.165) is 11.8 Å². The van der Waals surface area contributed by atoms with Gasteiger partial charge in [-0.25, -0.2) is 0 Å². The molecule has 0 saturated heterocycles. The summed E-state index contributed by atoms with van der Waals surface area (Å²) >= 11 is 0.969. The molecule has 1 aromatic rings. The van der Waals surface area contributed by atoms with Crippen LogP contribution in [-0.2, 0) is 16.1 Å². The first-order valence-electron chi connectivity index (χ1n) is 4.65. The average Bonchev–Trinajstić information content (AvgIpc) is 2.57. The van der Waals surface area contributed by atoms with Gasteiger partial charge in [-0.3, -0.25) is 14.2 Å². The predicted molar refractivity (Wildman–Crippen MR) is 61.5 cm³/mol. The summed E-state index contributed by atoms with van der Waals surface area (Å²) in [7, 11) is 3.24. The van der Waals surface area contributed by atoms with Gasteiger partial charge in [-0.2, -0.15) is 0 Å². The Morgan fingerprint density at radius 1 is 1.47 bits per heavy atom. The second-order valence-corrected chi connectivity index (χ2v) is 4.34. The zero-order valence-corrected chi connectivity index (χ0v) is 10.3. The standard InChI is InChI=1S/C8H13N5O3S/c1-12(2)5(14)3-13-7(9)10-11-8(13)17-4-6(15)16/h3-4H2,1-2H3,(H2,9,10)(H,15,16). The lowest BCUT2D eigenvalue weighted by Gasteiger charge is -2.12. The second kappa shape index (κ2) is 5.53. The zero-order chi connectivity index (χ0) is 13.0. The molecule has 94 valence electrons. The van der Waals surface area contributed by atoms with Crippen LogP contribution in [0, 0.1) is 0 Å². The maximum atomic E-state index is 11.5. The van der Waals surface area contributed by atoms with E-state index in [1.54, 1.807) is 14.1 Å². The van der Waals surface area contributed by atoms with Gasteiger partial charge < -0.3 is 15.7 Å². The van der Waals surface area contributed by atoms with E-state index < -0.39 is 5.97 Å². The first kappa shape index (κ1) is 13.3. The molecule has 9 heteroatoms. The number of aromatic nitrogens is 3. The lowest BCUT2D eigenvalue weighted by atomic mass is 10.5. The highest BCUT2D eigenvalue weighted by atomic mass is 32.2. The van der Waals surface area contributed by atoms with E-state index >= 15 is 0 Å². The highest BCUT2D eigenvalue weighted by molar-refractivity contribution is 7.99. The smallest absolute Gasteiger partial charge is 0.313 e. The molecule has 0 fully saturated rings. The van der Waals surface area contributed by atoms with E-state index in [-0.39, 0.29) is 24.2 Å². The molecule has 1 amide bonds. The van der Waals surface area contributed by atoms with Gasteiger partial charge in [0.05, 0.1) is 5.75 Å². The first-order valence-corrected chi connectivity index (χ1v) is 5.63. The molecule has 0 aliphatic carbocycles. The molecule has 0 radical (unpaired) electrons. The lowest BCUT2D eigenvalue weighted by Crippen LogP contribution is -2.27. The van der Waals surface area contributed by atoms with Crippen LogP contribution in [0.15, 0.2) is 5.16 Å². The maximum Gasteiger partial charge on any atom is 0.313 e.